The lowest BCUT2D eigenvalue weighted by molar-refractivity contribution is 0.181. The molecule has 22 heavy (non-hydrogen) atoms. The van der Waals surface area contributed by atoms with Gasteiger partial charge in [-0.05, 0) is 13.8 Å². The minimum absolute atomic E-state index is 0.118. The molecule has 0 bridgehead atoms. The molecule has 0 radical (unpaired) electrons. The van der Waals surface area contributed by atoms with Crippen molar-refractivity contribution in [3.8, 4) is 0 Å². The average Bonchev–Trinajstić information content (AvgIpc) is 2.41. The molecule has 0 spiro atoms. The van der Waals surface area contributed by atoms with Crippen molar-refractivity contribution >= 4 is 16.6 Å². The van der Waals surface area contributed by atoms with Crippen LogP contribution in [0.3, 0.4) is 0 Å². The number of nitrogens with zero attached hydrogens (tertiary/aromatic N) is 3. The molecule has 0 aliphatic carbocycles. The van der Waals surface area contributed by atoms with Crippen LogP contribution in [-0.4, -0.2) is 44.9 Å². The maximum absolute atomic E-state index is 12.1. The largest absolute Gasteiger partial charge is 0.378 e. The van der Waals surface area contributed by atoms with Crippen LogP contribution < -0.4 is 4.90 Å². The van der Waals surface area contributed by atoms with E-state index in [9.17, 15) is 4.21 Å². The van der Waals surface area contributed by atoms with Crippen molar-refractivity contribution in [1.82, 2.24) is 9.97 Å². The number of methoxy groups -OCH3 is 1. The second-order valence-electron chi connectivity index (χ2n) is 7.45. The summed E-state index contributed by atoms with van der Waals surface area (Å²) in [6.07, 6.45) is 0. The quantitative estimate of drug-likeness (QED) is 0.853. The highest BCUT2D eigenvalue weighted by atomic mass is 32.2. The maximum atomic E-state index is 12.1. The first-order chi connectivity index (χ1) is 10.1. The zero-order valence-electron chi connectivity index (χ0n) is 14.5. The molecule has 1 aliphatic heterocycles. The van der Waals surface area contributed by atoms with Crippen LogP contribution in [0.25, 0.3) is 0 Å². The fraction of sp³-hybridized carbons (Fsp3) is 0.750. The normalized spacial score (nSPS) is 21.9. The van der Waals surface area contributed by atoms with E-state index in [1.165, 1.54) is 0 Å². The van der Waals surface area contributed by atoms with Crippen molar-refractivity contribution in [2.24, 2.45) is 0 Å². The van der Waals surface area contributed by atoms with Crippen LogP contribution in [0.15, 0.2) is 6.07 Å². The summed E-state index contributed by atoms with van der Waals surface area (Å²) in [6, 6.07) is 1.99. The molecule has 2 rings (SSSR count). The number of hydrogen-bond acceptors (Lipinski definition) is 5. The molecule has 1 unspecified atom stereocenters. The van der Waals surface area contributed by atoms with Gasteiger partial charge in [0.05, 0.1) is 17.0 Å². The van der Waals surface area contributed by atoms with Gasteiger partial charge in [-0.25, -0.2) is 9.97 Å². The number of hydrogen-bond donors (Lipinski definition) is 0. The zero-order valence-corrected chi connectivity index (χ0v) is 15.3. The van der Waals surface area contributed by atoms with Crippen LogP contribution in [0.1, 0.15) is 46.1 Å². The molecular formula is C16H27N3O2S. The van der Waals surface area contributed by atoms with E-state index in [4.69, 9.17) is 9.72 Å². The second kappa shape index (κ2) is 6.24. The molecule has 1 aromatic heterocycles. The lowest BCUT2D eigenvalue weighted by Crippen LogP contribution is -2.50. The standard InChI is InChI=1S/C16H27N3O2S/c1-15(2,3)14-17-12(10-21-6)9-13(18-14)19-7-8-22(20)16(4,5)11-19/h9H,7-8,10-11H2,1-6H3. The van der Waals surface area contributed by atoms with E-state index in [0.717, 1.165) is 30.4 Å². The summed E-state index contributed by atoms with van der Waals surface area (Å²) in [5.41, 5.74) is 0.772. The van der Waals surface area contributed by atoms with E-state index in [2.05, 4.69) is 44.5 Å². The third-order valence-corrected chi connectivity index (χ3v) is 5.70. The molecule has 0 amide bonds. The number of ether oxygens (including phenoxy) is 1. The predicted octanol–water partition coefficient (Wildman–Crippen LogP) is 2.27. The van der Waals surface area contributed by atoms with E-state index in [-0.39, 0.29) is 10.2 Å². The maximum Gasteiger partial charge on any atom is 0.136 e. The first-order valence-electron chi connectivity index (χ1n) is 7.64. The summed E-state index contributed by atoms with van der Waals surface area (Å²) in [5.74, 6) is 2.42. The van der Waals surface area contributed by atoms with Gasteiger partial charge in [0.2, 0.25) is 0 Å². The lowest BCUT2D eigenvalue weighted by atomic mass is 9.95. The van der Waals surface area contributed by atoms with Crippen molar-refractivity contribution < 1.29 is 8.95 Å². The minimum atomic E-state index is -0.786. The van der Waals surface area contributed by atoms with Crippen molar-refractivity contribution in [3.05, 3.63) is 17.6 Å². The summed E-state index contributed by atoms with van der Waals surface area (Å²) in [7, 11) is 0.886. The Morgan fingerprint density at radius 3 is 2.59 bits per heavy atom. The number of anilines is 1. The van der Waals surface area contributed by atoms with Gasteiger partial charge in [0, 0.05) is 48.2 Å². The topological polar surface area (TPSA) is 55.3 Å². The Balaban J connectivity index is 2.37. The van der Waals surface area contributed by atoms with Crippen LogP contribution in [0.4, 0.5) is 5.82 Å². The third kappa shape index (κ3) is 3.84. The fourth-order valence-electron chi connectivity index (χ4n) is 2.48. The van der Waals surface area contributed by atoms with Crippen LogP contribution in [0, 0.1) is 0 Å². The molecule has 0 N–H and O–H groups in total. The third-order valence-electron chi connectivity index (χ3n) is 3.79. The predicted molar refractivity (Wildman–Crippen MR) is 90.7 cm³/mol. The Kier molecular flexibility index (Phi) is 4.92. The Hall–Kier alpha value is -1.01. The van der Waals surface area contributed by atoms with Crippen LogP contribution in [0.2, 0.25) is 0 Å². The van der Waals surface area contributed by atoms with Gasteiger partial charge >= 0.3 is 0 Å². The van der Waals surface area contributed by atoms with E-state index in [0.29, 0.717) is 12.4 Å². The molecule has 5 nitrogen and oxygen atoms in total. The van der Waals surface area contributed by atoms with Crippen LogP contribution >= 0.6 is 0 Å². The van der Waals surface area contributed by atoms with Gasteiger partial charge in [-0.1, -0.05) is 20.8 Å². The Labute approximate surface area is 135 Å². The van der Waals surface area contributed by atoms with E-state index < -0.39 is 10.8 Å². The molecular weight excluding hydrogens is 298 g/mol. The molecule has 0 aromatic carbocycles. The Bertz CT molecular complexity index is 567. The molecule has 1 atom stereocenters. The lowest BCUT2D eigenvalue weighted by Gasteiger charge is -2.38. The van der Waals surface area contributed by atoms with Gasteiger partial charge in [-0.2, -0.15) is 0 Å². The van der Waals surface area contributed by atoms with Gasteiger partial charge in [-0.3, -0.25) is 4.21 Å². The summed E-state index contributed by atoms with van der Waals surface area (Å²) in [6.45, 7) is 12.4. The van der Waals surface area contributed by atoms with Gasteiger partial charge < -0.3 is 9.64 Å². The highest BCUT2D eigenvalue weighted by molar-refractivity contribution is 7.86. The molecule has 1 fully saturated rings. The minimum Gasteiger partial charge on any atom is -0.378 e. The SMILES string of the molecule is COCc1cc(N2CCS(=O)C(C)(C)C2)nc(C(C)(C)C)n1. The van der Waals surface area contributed by atoms with E-state index in [1.807, 2.05) is 6.07 Å². The van der Waals surface area contributed by atoms with Gasteiger partial charge in [0.1, 0.15) is 11.6 Å². The Morgan fingerprint density at radius 1 is 1.36 bits per heavy atom. The van der Waals surface area contributed by atoms with Gasteiger partial charge in [0.15, 0.2) is 0 Å². The van der Waals surface area contributed by atoms with Crippen molar-refractivity contribution in [3.63, 3.8) is 0 Å². The molecule has 1 aromatic rings. The molecule has 6 heteroatoms. The van der Waals surface area contributed by atoms with Crippen molar-refractivity contribution in [2.45, 2.75) is 51.4 Å². The molecule has 1 aliphatic rings. The smallest absolute Gasteiger partial charge is 0.136 e. The molecule has 2 heterocycles. The Morgan fingerprint density at radius 2 is 2.05 bits per heavy atom. The summed E-state index contributed by atoms with van der Waals surface area (Å²) < 4.78 is 17.1. The summed E-state index contributed by atoms with van der Waals surface area (Å²) in [5, 5.41) is 0. The van der Waals surface area contributed by atoms with Gasteiger partial charge in [0.25, 0.3) is 0 Å². The first-order valence-corrected chi connectivity index (χ1v) is 8.96. The van der Waals surface area contributed by atoms with Crippen LogP contribution in [0.5, 0.6) is 0 Å². The highest BCUT2D eigenvalue weighted by Crippen LogP contribution is 2.27. The molecule has 124 valence electrons. The van der Waals surface area contributed by atoms with Crippen LogP contribution in [-0.2, 0) is 27.6 Å². The zero-order chi connectivity index (χ0) is 16.5. The average molecular weight is 325 g/mol. The molecule has 1 saturated heterocycles. The summed E-state index contributed by atoms with van der Waals surface area (Å²) in [4.78, 5) is 11.6. The second-order valence-corrected chi connectivity index (χ2v) is 9.66. The number of aromatic nitrogens is 2. The van der Waals surface area contributed by atoms with Crippen molar-refractivity contribution in [2.75, 3.05) is 30.9 Å². The first kappa shape index (κ1) is 17.3. The fourth-order valence-corrected chi connectivity index (χ4v) is 3.72. The highest BCUT2D eigenvalue weighted by Gasteiger charge is 2.34. The van der Waals surface area contributed by atoms with E-state index in [1.54, 1.807) is 7.11 Å². The van der Waals surface area contributed by atoms with Crippen molar-refractivity contribution in [1.29, 1.82) is 0 Å². The number of rotatable bonds is 3. The molecule has 0 saturated carbocycles. The summed E-state index contributed by atoms with van der Waals surface area (Å²) >= 11 is 0. The monoisotopic (exact) mass is 325 g/mol. The van der Waals surface area contributed by atoms with E-state index >= 15 is 0 Å². The van der Waals surface area contributed by atoms with Gasteiger partial charge in [-0.15, -0.1) is 0 Å².